The summed E-state index contributed by atoms with van der Waals surface area (Å²) in [5.41, 5.74) is 0. The molecule has 116 valence electrons. The third-order valence-corrected chi connectivity index (χ3v) is 5.43. The number of piperidine rings is 1. The monoisotopic (exact) mass is 308 g/mol. The summed E-state index contributed by atoms with van der Waals surface area (Å²) in [5.74, 6) is 5.09. The Balaban J connectivity index is 1.73. The molecule has 0 saturated carbocycles. The molecule has 21 heavy (non-hydrogen) atoms. The lowest BCUT2D eigenvalue weighted by molar-refractivity contribution is 0.0496. The van der Waals surface area contributed by atoms with E-state index in [1.165, 1.54) is 11.5 Å². The highest BCUT2D eigenvalue weighted by atomic mass is 32.2. The summed E-state index contributed by atoms with van der Waals surface area (Å²) in [6.07, 6.45) is 3.15. The Morgan fingerprint density at radius 3 is 2.57 bits per heavy atom. The molecule has 0 amide bonds. The fourth-order valence-corrected chi connectivity index (χ4v) is 3.93. The number of anilines is 2. The Bertz CT molecular complexity index is 467. The van der Waals surface area contributed by atoms with Crippen LogP contribution in [0, 0.1) is 5.92 Å². The Kier molecular flexibility index (Phi) is 4.85. The Hall–Kier alpha value is -1.01. The van der Waals surface area contributed by atoms with Crippen LogP contribution in [0.25, 0.3) is 0 Å². The van der Waals surface area contributed by atoms with Crippen molar-refractivity contribution >= 4 is 23.4 Å². The van der Waals surface area contributed by atoms with Gasteiger partial charge in [0.1, 0.15) is 18.0 Å². The fraction of sp³-hybridized carbons (Fsp3) is 0.733. The molecule has 1 aromatic heterocycles. The van der Waals surface area contributed by atoms with Gasteiger partial charge in [0.15, 0.2) is 0 Å². The van der Waals surface area contributed by atoms with Gasteiger partial charge in [0.05, 0.1) is 6.10 Å². The van der Waals surface area contributed by atoms with E-state index in [0.717, 1.165) is 44.2 Å². The van der Waals surface area contributed by atoms with Crippen LogP contribution in [0.2, 0.25) is 0 Å². The summed E-state index contributed by atoms with van der Waals surface area (Å²) in [5, 5.41) is 0. The summed E-state index contributed by atoms with van der Waals surface area (Å²) in [4.78, 5) is 13.6. The van der Waals surface area contributed by atoms with Gasteiger partial charge in [0.2, 0.25) is 0 Å². The van der Waals surface area contributed by atoms with E-state index in [-0.39, 0.29) is 0 Å². The second kappa shape index (κ2) is 6.83. The molecule has 0 bridgehead atoms. The molecule has 3 heterocycles. The molecule has 2 saturated heterocycles. The van der Waals surface area contributed by atoms with Gasteiger partial charge in [-0.15, -0.1) is 0 Å². The second-order valence-corrected chi connectivity index (χ2v) is 7.04. The number of aromatic nitrogens is 2. The summed E-state index contributed by atoms with van der Waals surface area (Å²) in [6.45, 7) is 6.40. The molecular formula is C15H24N4OS. The minimum atomic E-state index is 0.295. The number of hydrogen-bond donors (Lipinski definition) is 0. The van der Waals surface area contributed by atoms with Crippen molar-refractivity contribution in [2.24, 2.45) is 5.92 Å². The first-order valence-electron chi connectivity index (χ1n) is 7.70. The second-order valence-electron chi connectivity index (χ2n) is 5.82. The summed E-state index contributed by atoms with van der Waals surface area (Å²) >= 11 is 2.02. The third-order valence-electron chi connectivity index (χ3n) is 4.49. The van der Waals surface area contributed by atoms with Gasteiger partial charge in [0, 0.05) is 50.9 Å². The SMILES string of the molecule is CO[C@H]1CN(c2cc(N3CCSCC3)ncn2)CC[C@@H]1C. The van der Waals surface area contributed by atoms with Crippen LogP contribution in [-0.4, -0.2) is 60.9 Å². The number of ether oxygens (including phenoxy) is 1. The fourth-order valence-electron chi connectivity index (χ4n) is 3.02. The lowest BCUT2D eigenvalue weighted by atomic mass is 9.96. The van der Waals surface area contributed by atoms with Gasteiger partial charge in [-0.05, 0) is 12.3 Å². The number of rotatable bonds is 3. The highest BCUT2D eigenvalue weighted by molar-refractivity contribution is 7.99. The average molecular weight is 308 g/mol. The van der Waals surface area contributed by atoms with Gasteiger partial charge in [-0.3, -0.25) is 0 Å². The third kappa shape index (κ3) is 3.43. The van der Waals surface area contributed by atoms with E-state index < -0.39 is 0 Å². The summed E-state index contributed by atoms with van der Waals surface area (Å²) < 4.78 is 5.60. The summed E-state index contributed by atoms with van der Waals surface area (Å²) in [6, 6.07) is 2.14. The van der Waals surface area contributed by atoms with Crippen LogP contribution in [0.4, 0.5) is 11.6 Å². The number of hydrogen-bond acceptors (Lipinski definition) is 6. The van der Waals surface area contributed by atoms with Gasteiger partial charge in [-0.25, -0.2) is 9.97 Å². The molecule has 1 aromatic rings. The molecule has 3 rings (SSSR count). The molecule has 2 aliphatic heterocycles. The van der Waals surface area contributed by atoms with Crippen LogP contribution in [0.1, 0.15) is 13.3 Å². The Morgan fingerprint density at radius 1 is 1.14 bits per heavy atom. The number of thioether (sulfide) groups is 1. The highest BCUT2D eigenvalue weighted by Gasteiger charge is 2.27. The smallest absolute Gasteiger partial charge is 0.134 e. The van der Waals surface area contributed by atoms with Crippen molar-refractivity contribution < 1.29 is 4.74 Å². The molecule has 2 fully saturated rings. The largest absolute Gasteiger partial charge is 0.379 e. The van der Waals surface area contributed by atoms with Crippen molar-refractivity contribution in [2.75, 3.05) is 54.6 Å². The predicted molar refractivity (Wildman–Crippen MR) is 88.4 cm³/mol. The van der Waals surface area contributed by atoms with E-state index >= 15 is 0 Å². The summed E-state index contributed by atoms with van der Waals surface area (Å²) in [7, 11) is 1.81. The maximum Gasteiger partial charge on any atom is 0.134 e. The Morgan fingerprint density at radius 2 is 1.86 bits per heavy atom. The van der Waals surface area contributed by atoms with Crippen LogP contribution < -0.4 is 9.80 Å². The van der Waals surface area contributed by atoms with E-state index in [2.05, 4.69) is 32.8 Å². The first-order chi connectivity index (χ1) is 10.3. The van der Waals surface area contributed by atoms with Gasteiger partial charge in [0.25, 0.3) is 0 Å². The minimum absolute atomic E-state index is 0.295. The number of methoxy groups -OCH3 is 1. The maximum absolute atomic E-state index is 5.60. The zero-order chi connectivity index (χ0) is 14.7. The van der Waals surface area contributed by atoms with Crippen molar-refractivity contribution in [1.29, 1.82) is 0 Å². The first kappa shape index (κ1) is 14.9. The van der Waals surface area contributed by atoms with Gasteiger partial charge < -0.3 is 14.5 Å². The first-order valence-corrected chi connectivity index (χ1v) is 8.86. The molecule has 2 aliphatic rings. The van der Waals surface area contributed by atoms with E-state index in [4.69, 9.17) is 4.74 Å². The van der Waals surface area contributed by atoms with Crippen molar-refractivity contribution in [3.63, 3.8) is 0 Å². The normalized spacial score (nSPS) is 27.0. The van der Waals surface area contributed by atoms with Crippen molar-refractivity contribution in [3.05, 3.63) is 12.4 Å². The molecule has 0 N–H and O–H groups in total. The molecule has 0 spiro atoms. The lowest BCUT2D eigenvalue weighted by Crippen LogP contribution is -2.44. The predicted octanol–water partition coefficient (Wildman–Crippen LogP) is 1.89. The molecule has 6 heteroatoms. The molecular weight excluding hydrogens is 284 g/mol. The zero-order valence-electron chi connectivity index (χ0n) is 12.9. The van der Waals surface area contributed by atoms with E-state index in [0.29, 0.717) is 12.0 Å². The van der Waals surface area contributed by atoms with Gasteiger partial charge in [-0.2, -0.15) is 11.8 Å². The van der Waals surface area contributed by atoms with E-state index in [1.807, 2.05) is 18.9 Å². The minimum Gasteiger partial charge on any atom is -0.379 e. The van der Waals surface area contributed by atoms with E-state index in [1.54, 1.807) is 6.33 Å². The van der Waals surface area contributed by atoms with Crippen LogP contribution in [0.15, 0.2) is 12.4 Å². The zero-order valence-corrected chi connectivity index (χ0v) is 13.7. The van der Waals surface area contributed by atoms with Crippen LogP contribution in [0.5, 0.6) is 0 Å². The van der Waals surface area contributed by atoms with Crippen molar-refractivity contribution in [1.82, 2.24) is 9.97 Å². The standard InChI is InChI=1S/C15H24N4OS/c1-12-3-4-19(10-13(12)20-2)15-9-14(16-11-17-15)18-5-7-21-8-6-18/h9,11-13H,3-8,10H2,1-2H3/t12-,13-/m0/s1. The molecule has 0 aromatic carbocycles. The lowest BCUT2D eigenvalue weighted by Gasteiger charge is -2.37. The topological polar surface area (TPSA) is 41.5 Å². The maximum atomic E-state index is 5.60. The molecule has 0 radical (unpaired) electrons. The van der Waals surface area contributed by atoms with E-state index in [9.17, 15) is 0 Å². The molecule has 5 nitrogen and oxygen atoms in total. The van der Waals surface area contributed by atoms with Gasteiger partial charge in [-0.1, -0.05) is 6.92 Å². The quantitative estimate of drug-likeness (QED) is 0.849. The highest BCUT2D eigenvalue weighted by Crippen LogP contribution is 2.26. The van der Waals surface area contributed by atoms with Crippen LogP contribution >= 0.6 is 11.8 Å². The van der Waals surface area contributed by atoms with Crippen LogP contribution in [-0.2, 0) is 4.74 Å². The van der Waals surface area contributed by atoms with Crippen LogP contribution in [0.3, 0.4) is 0 Å². The molecule has 0 aliphatic carbocycles. The molecule has 0 unspecified atom stereocenters. The number of nitrogens with zero attached hydrogens (tertiary/aromatic N) is 4. The van der Waals surface area contributed by atoms with Crippen molar-refractivity contribution in [3.8, 4) is 0 Å². The van der Waals surface area contributed by atoms with Crippen molar-refractivity contribution in [2.45, 2.75) is 19.4 Å². The van der Waals surface area contributed by atoms with Gasteiger partial charge >= 0.3 is 0 Å². The molecule has 2 atom stereocenters. The average Bonchev–Trinajstić information content (AvgIpc) is 2.56. The Labute approximate surface area is 131 Å².